The Kier molecular flexibility index (Phi) is 9.69. The van der Waals surface area contributed by atoms with Crippen LogP contribution in [0.3, 0.4) is 0 Å². The van der Waals surface area contributed by atoms with Gasteiger partial charge in [-0.15, -0.1) is 24.0 Å². The number of nitrogens with one attached hydrogen (secondary N) is 2. The van der Waals surface area contributed by atoms with E-state index in [2.05, 4.69) is 49.8 Å². The lowest BCUT2D eigenvalue weighted by Crippen LogP contribution is -2.45. The van der Waals surface area contributed by atoms with Crippen molar-refractivity contribution in [3.63, 3.8) is 0 Å². The van der Waals surface area contributed by atoms with Crippen molar-refractivity contribution in [1.29, 1.82) is 0 Å². The van der Waals surface area contributed by atoms with Gasteiger partial charge in [-0.05, 0) is 43.0 Å². The van der Waals surface area contributed by atoms with Crippen molar-refractivity contribution in [2.45, 2.75) is 38.5 Å². The van der Waals surface area contributed by atoms with E-state index in [1.165, 1.54) is 17.2 Å². The maximum atomic E-state index is 14.0. The second-order valence-corrected chi connectivity index (χ2v) is 8.51. The van der Waals surface area contributed by atoms with Gasteiger partial charge in [-0.1, -0.05) is 24.3 Å². The molecule has 1 aromatic heterocycles. The largest absolute Gasteiger partial charge is 0.390 e. The first kappa shape index (κ1) is 25.6. The van der Waals surface area contributed by atoms with Gasteiger partial charge >= 0.3 is 0 Å². The molecule has 2 aliphatic rings. The summed E-state index contributed by atoms with van der Waals surface area (Å²) in [6.07, 6.45) is 2.98. The van der Waals surface area contributed by atoms with Gasteiger partial charge in [0.2, 0.25) is 0 Å². The first-order valence-electron chi connectivity index (χ1n) is 11.5. The van der Waals surface area contributed by atoms with E-state index in [0.29, 0.717) is 31.4 Å². The summed E-state index contributed by atoms with van der Waals surface area (Å²) < 4.78 is 14.0. The van der Waals surface area contributed by atoms with Crippen LogP contribution < -0.4 is 15.5 Å². The van der Waals surface area contributed by atoms with Crippen LogP contribution in [0.5, 0.6) is 0 Å². The number of β-amino-alcohol motifs (C(OH)–C–C–N with tert-alkyl or cyclic N) is 1. The van der Waals surface area contributed by atoms with Crippen LogP contribution >= 0.6 is 24.0 Å². The van der Waals surface area contributed by atoms with E-state index in [1.54, 1.807) is 12.3 Å². The summed E-state index contributed by atoms with van der Waals surface area (Å²) >= 11 is 0. The highest BCUT2D eigenvalue weighted by molar-refractivity contribution is 14.0. The van der Waals surface area contributed by atoms with Crippen molar-refractivity contribution in [2.75, 3.05) is 44.2 Å². The smallest absolute Gasteiger partial charge is 0.191 e. The highest BCUT2D eigenvalue weighted by Crippen LogP contribution is 2.21. The molecule has 1 saturated heterocycles. The number of pyridine rings is 1. The highest BCUT2D eigenvalue weighted by Gasteiger charge is 2.26. The van der Waals surface area contributed by atoms with Crippen LogP contribution in [0.1, 0.15) is 24.5 Å². The Labute approximate surface area is 212 Å². The standard InChI is InChI=1S/C24H33FN6O.HI/c1-2-26-24(29-20-10-13-31(16-20)23-22(25)8-5-11-27-23)28-14-21(32)17-30-12-9-18-6-3-4-7-19(18)15-30;/h3-8,11,20-21,32H,2,9-10,12-17H2,1H3,(H2,26,28,29);1H. The summed E-state index contributed by atoms with van der Waals surface area (Å²) in [7, 11) is 0. The second kappa shape index (κ2) is 12.5. The zero-order valence-electron chi connectivity index (χ0n) is 19.1. The number of aromatic nitrogens is 1. The number of aliphatic hydroxyl groups is 1. The minimum absolute atomic E-state index is 0. The number of rotatable bonds is 7. The first-order chi connectivity index (χ1) is 15.6. The quantitative estimate of drug-likeness (QED) is 0.271. The molecule has 2 atom stereocenters. The zero-order valence-corrected chi connectivity index (χ0v) is 21.4. The lowest BCUT2D eigenvalue weighted by Gasteiger charge is -2.30. The third-order valence-corrected chi connectivity index (χ3v) is 6.05. The molecule has 4 rings (SSSR count). The highest BCUT2D eigenvalue weighted by atomic mass is 127. The molecular weight excluding hydrogens is 534 g/mol. The Morgan fingerprint density at radius 3 is 2.85 bits per heavy atom. The molecule has 0 saturated carbocycles. The summed E-state index contributed by atoms with van der Waals surface area (Å²) in [5, 5.41) is 17.3. The number of benzene rings is 1. The molecule has 33 heavy (non-hydrogen) atoms. The lowest BCUT2D eigenvalue weighted by molar-refractivity contribution is 0.111. The van der Waals surface area contributed by atoms with E-state index in [1.807, 2.05) is 11.8 Å². The number of guanidine groups is 1. The van der Waals surface area contributed by atoms with Gasteiger partial charge in [-0.25, -0.2) is 9.37 Å². The SMILES string of the molecule is CCNC(=NCC(O)CN1CCc2ccccc2C1)NC1CCN(c2ncccc2F)C1.I. The van der Waals surface area contributed by atoms with Gasteiger partial charge in [0.25, 0.3) is 0 Å². The van der Waals surface area contributed by atoms with E-state index in [4.69, 9.17) is 0 Å². The van der Waals surface area contributed by atoms with Crippen LogP contribution in [0.15, 0.2) is 47.6 Å². The molecule has 0 amide bonds. The predicted octanol–water partition coefficient (Wildman–Crippen LogP) is 2.39. The minimum Gasteiger partial charge on any atom is -0.390 e. The molecule has 0 bridgehead atoms. The molecule has 3 heterocycles. The van der Waals surface area contributed by atoms with Gasteiger partial charge in [0.1, 0.15) is 0 Å². The van der Waals surface area contributed by atoms with Crippen LogP contribution in [-0.2, 0) is 13.0 Å². The van der Waals surface area contributed by atoms with E-state index >= 15 is 0 Å². The number of anilines is 1. The molecular formula is C24H34FIN6O. The van der Waals surface area contributed by atoms with Crippen molar-refractivity contribution in [3.05, 3.63) is 59.5 Å². The molecule has 180 valence electrons. The molecule has 3 N–H and O–H groups in total. The van der Waals surface area contributed by atoms with E-state index in [9.17, 15) is 9.50 Å². The lowest BCUT2D eigenvalue weighted by atomic mass is 10.00. The fourth-order valence-electron chi connectivity index (χ4n) is 4.46. The first-order valence-corrected chi connectivity index (χ1v) is 11.5. The molecule has 0 spiro atoms. The Balaban J connectivity index is 0.00000306. The van der Waals surface area contributed by atoms with E-state index in [-0.39, 0.29) is 35.8 Å². The number of aliphatic hydroxyl groups excluding tert-OH is 1. The third-order valence-electron chi connectivity index (χ3n) is 6.05. The molecule has 2 unspecified atom stereocenters. The van der Waals surface area contributed by atoms with Crippen molar-refractivity contribution >= 4 is 35.8 Å². The minimum atomic E-state index is -0.529. The van der Waals surface area contributed by atoms with Crippen molar-refractivity contribution in [2.24, 2.45) is 4.99 Å². The average Bonchev–Trinajstić information content (AvgIpc) is 3.26. The number of fused-ring (bicyclic) bond motifs is 1. The molecule has 1 fully saturated rings. The normalized spacial score (nSPS) is 19.5. The molecule has 0 radical (unpaired) electrons. The van der Waals surface area contributed by atoms with Crippen LogP contribution in [0.4, 0.5) is 10.2 Å². The van der Waals surface area contributed by atoms with Crippen LogP contribution in [0.25, 0.3) is 0 Å². The van der Waals surface area contributed by atoms with Gasteiger partial charge in [0, 0.05) is 51.5 Å². The molecule has 9 heteroatoms. The summed E-state index contributed by atoms with van der Waals surface area (Å²) in [4.78, 5) is 13.0. The molecule has 2 aromatic rings. The number of nitrogens with zero attached hydrogens (tertiary/aromatic N) is 4. The van der Waals surface area contributed by atoms with Gasteiger partial charge in [-0.2, -0.15) is 0 Å². The van der Waals surface area contributed by atoms with Gasteiger partial charge in [-0.3, -0.25) is 9.89 Å². The average molecular weight is 568 g/mol. The van der Waals surface area contributed by atoms with Crippen LogP contribution in [0, 0.1) is 5.82 Å². The second-order valence-electron chi connectivity index (χ2n) is 8.51. The summed E-state index contributed by atoms with van der Waals surface area (Å²) in [5.74, 6) is 0.790. The topological polar surface area (TPSA) is 76.0 Å². The number of aliphatic imine (C=N–C) groups is 1. The maximum Gasteiger partial charge on any atom is 0.191 e. The van der Waals surface area contributed by atoms with Gasteiger partial charge < -0.3 is 20.6 Å². The Hall–Kier alpha value is -1.98. The Morgan fingerprint density at radius 2 is 2.06 bits per heavy atom. The van der Waals surface area contributed by atoms with E-state index < -0.39 is 6.10 Å². The summed E-state index contributed by atoms with van der Waals surface area (Å²) in [6.45, 7) is 6.92. The Bertz CT molecular complexity index is 929. The van der Waals surface area contributed by atoms with Crippen molar-refractivity contribution < 1.29 is 9.50 Å². The van der Waals surface area contributed by atoms with Gasteiger partial charge in [0.15, 0.2) is 17.6 Å². The van der Waals surface area contributed by atoms with Crippen LogP contribution in [0.2, 0.25) is 0 Å². The van der Waals surface area contributed by atoms with E-state index in [0.717, 1.165) is 39.0 Å². The number of halogens is 2. The molecule has 2 aliphatic heterocycles. The monoisotopic (exact) mass is 568 g/mol. The zero-order chi connectivity index (χ0) is 22.3. The number of hydrogen-bond donors (Lipinski definition) is 3. The van der Waals surface area contributed by atoms with Crippen LogP contribution in [-0.4, -0.2) is 72.4 Å². The Morgan fingerprint density at radius 1 is 1.24 bits per heavy atom. The fraction of sp³-hybridized carbons (Fsp3) is 0.500. The summed E-state index contributed by atoms with van der Waals surface area (Å²) in [5.41, 5.74) is 2.76. The van der Waals surface area contributed by atoms with Gasteiger partial charge in [0.05, 0.1) is 12.6 Å². The fourth-order valence-corrected chi connectivity index (χ4v) is 4.46. The molecule has 7 nitrogen and oxygen atoms in total. The molecule has 1 aromatic carbocycles. The third kappa shape index (κ3) is 7.00. The summed E-state index contributed by atoms with van der Waals surface area (Å²) in [6, 6.07) is 11.7. The maximum absolute atomic E-state index is 14.0. The van der Waals surface area contributed by atoms with Crippen molar-refractivity contribution in [1.82, 2.24) is 20.5 Å². The molecule has 0 aliphatic carbocycles. The van der Waals surface area contributed by atoms with Crippen molar-refractivity contribution in [3.8, 4) is 0 Å². The number of hydrogen-bond acceptors (Lipinski definition) is 5. The predicted molar refractivity (Wildman–Crippen MR) is 141 cm³/mol.